The van der Waals surface area contributed by atoms with Crippen molar-refractivity contribution in [3.63, 3.8) is 0 Å². The maximum Gasteiger partial charge on any atom is 0.333 e. The molecule has 0 saturated heterocycles. The minimum absolute atomic E-state index is 0.177. The minimum Gasteiger partial charge on any atom is -0.478 e. The summed E-state index contributed by atoms with van der Waals surface area (Å²) < 4.78 is 0. The standard InChI is InChI=1S/C13H19NO4/c1-3-4-5-6-7-10(13(17)18)11(8-14)12(16)9(2)15/h9,15H,3-7H2,1-2H3,(H,17,18)/b11-10-. The number of ketones is 1. The van der Waals surface area contributed by atoms with Crippen LogP contribution >= 0.6 is 0 Å². The number of carboxylic acids is 1. The van der Waals surface area contributed by atoms with Crippen LogP contribution in [0.15, 0.2) is 11.1 Å². The van der Waals surface area contributed by atoms with E-state index in [0.717, 1.165) is 19.3 Å². The average molecular weight is 253 g/mol. The second-order valence-electron chi connectivity index (χ2n) is 4.12. The second-order valence-corrected chi connectivity index (χ2v) is 4.12. The van der Waals surface area contributed by atoms with E-state index in [-0.39, 0.29) is 12.0 Å². The zero-order valence-corrected chi connectivity index (χ0v) is 10.8. The van der Waals surface area contributed by atoms with Crippen LogP contribution < -0.4 is 0 Å². The summed E-state index contributed by atoms with van der Waals surface area (Å²) in [6, 6.07) is 1.59. The van der Waals surface area contributed by atoms with Gasteiger partial charge in [-0.25, -0.2) is 4.79 Å². The Morgan fingerprint density at radius 2 is 1.89 bits per heavy atom. The Bertz CT molecular complexity index is 377. The Hall–Kier alpha value is -1.67. The van der Waals surface area contributed by atoms with Gasteiger partial charge in [-0.1, -0.05) is 26.2 Å². The van der Waals surface area contributed by atoms with Crippen molar-refractivity contribution in [3.8, 4) is 6.07 Å². The summed E-state index contributed by atoms with van der Waals surface area (Å²) in [6.07, 6.45) is 2.30. The number of aliphatic carboxylic acids is 1. The number of hydrogen-bond donors (Lipinski definition) is 2. The molecule has 0 bridgehead atoms. The normalized spacial score (nSPS) is 13.4. The van der Waals surface area contributed by atoms with Crippen LogP contribution in [0.3, 0.4) is 0 Å². The lowest BCUT2D eigenvalue weighted by molar-refractivity contribution is -0.133. The third kappa shape index (κ3) is 5.11. The quantitative estimate of drug-likeness (QED) is 0.390. The molecule has 5 heteroatoms. The lowest BCUT2D eigenvalue weighted by atomic mass is 9.97. The second kappa shape index (κ2) is 8.43. The number of aliphatic hydroxyl groups is 1. The van der Waals surface area contributed by atoms with E-state index in [1.165, 1.54) is 6.92 Å². The Morgan fingerprint density at radius 1 is 1.28 bits per heavy atom. The summed E-state index contributed by atoms with van der Waals surface area (Å²) in [4.78, 5) is 22.6. The summed E-state index contributed by atoms with van der Waals surface area (Å²) in [5.74, 6) is -2.09. The Balaban J connectivity index is 4.97. The number of aliphatic hydroxyl groups excluding tert-OH is 1. The smallest absolute Gasteiger partial charge is 0.333 e. The van der Waals surface area contributed by atoms with E-state index in [1.807, 2.05) is 6.92 Å². The molecule has 0 aliphatic rings. The van der Waals surface area contributed by atoms with Crippen LogP contribution in [0.1, 0.15) is 46.0 Å². The SMILES string of the molecule is CCCCCC/C(C(=O)O)=C(\C#N)C(=O)C(C)O. The predicted molar refractivity (Wildman–Crippen MR) is 65.7 cm³/mol. The molecule has 0 amide bonds. The highest BCUT2D eigenvalue weighted by molar-refractivity contribution is 6.08. The summed E-state index contributed by atoms with van der Waals surface area (Å²) in [7, 11) is 0. The molecule has 0 saturated carbocycles. The number of unbranched alkanes of at least 4 members (excludes halogenated alkanes) is 3. The molecule has 2 N–H and O–H groups in total. The average Bonchev–Trinajstić information content (AvgIpc) is 2.32. The number of carbonyl (C=O) groups is 2. The lowest BCUT2D eigenvalue weighted by Crippen LogP contribution is -2.21. The van der Waals surface area contributed by atoms with Crippen molar-refractivity contribution in [3.05, 3.63) is 11.1 Å². The third-order valence-electron chi connectivity index (χ3n) is 2.58. The molecule has 0 aromatic heterocycles. The van der Waals surface area contributed by atoms with Crippen molar-refractivity contribution < 1.29 is 19.8 Å². The molecule has 1 unspecified atom stereocenters. The van der Waals surface area contributed by atoms with Crippen LogP contribution in [0.2, 0.25) is 0 Å². The zero-order valence-electron chi connectivity index (χ0n) is 10.8. The molecule has 0 radical (unpaired) electrons. The number of carbonyl (C=O) groups excluding carboxylic acids is 1. The first-order chi connectivity index (χ1) is 8.45. The first-order valence-electron chi connectivity index (χ1n) is 6.04. The van der Waals surface area contributed by atoms with Gasteiger partial charge in [-0.15, -0.1) is 0 Å². The van der Waals surface area contributed by atoms with E-state index in [9.17, 15) is 9.59 Å². The monoisotopic (exact) mass is 253 g/mol. The molecular weight excluding hydrogens is 234 g/mol. The molecule has 0 fully saturated rings. The van der Waals surface area contributed by atoms with Gasteiger partial charge in [0.2, 0.25) is 5.78 Å². The summed E-state index contributed by atoms with van der Waals surface area (Å²) in [5, 5.41) is 27.0. The predicted octanol–water partition coefficient (Wildman–Crippen LogP) is 1.81. The molecule has 0 aromatic rings. The molecule has 100 valence electrons. The maximum absolute atomic E-state index is 11.5. The van der Waals surface area contributed by atoms with E-state index >= 15 is 0 Å². The molecule has 0 rings (SSSR count). The number of nitriles is 1. The number of nitrogens with zero attached hydrogens (tertiary/aromatic N) is 1. The fourth-order valence-corrected chi connectivity index (χ4v) is 1.55. The molecule has 0 spiro atoms. The van der Waals surface area contributed by atoms with Gasteiger partial charge < -0.3 is 10.2 Å². The van der Waals surface area contributed by atoms with E-state index in [0.29, 0.717) is 6.42 Å². The zero-order chi connectivity index (χ0) is 14.1. The van der Waals surface area contributed by atoms with Crippen LogP contribution in [-0.2, 0) is 9.59 Å². The largest absolute Gasteiger partial charge is 0.478 e. The van der Waals surface area contributed by atoms with Gasteiger partial charge in [-0.2, -0.15) is 5.26 Å². The molecule has 5 nitrogen and oxygen atoms in total. The topological polar surface area (TPSA) is 98.4 Å². The first-order valence-corrected chi connectivity index (χ1v) is 6.04. The van der Waals surface area contributed by atoms with E-state index < -0.39 is 23.4 Å². The van der Waals surface area contributed by atoms with Gasteiger partial charge in [-0.05, 0) is 19.8 Å². The van der Waals surface area contributed by atoms with Crippen molar-refractivity contribution in [1.29, 1.82) is 5.26 Å². The highest BCUT2D eigenvalue weighted by atomic mass is 16.4. The Labute approximate surface area is 107 Å². The van der Waals surface area contributed by atoms with Crippen LogP contribution in [0, 0.1) is 11.3 Å². The summed E-state index contributed by atoms with van der Waals surface area (Å²) in [5.41, 5.74) is -0.631. The fourth-order valence-electron chi connectivity index (χ4n) is 1.55. The Morgan fingerprint density at radius 3 is 2.28 bits per heavy atom. The van der Waals surface area contributed by atoms with Crippen molar-refractivity contribution in [2.75, 3.05) is 0 Å². The van der Waals surface area contributed by atoms with Crippen molar-refractivity contribution in [2.45, 2.75) is 52.1 Å². The van der Waals surface area contributed by atoms with Gasteiger partial charge in [0, 0.05) is 0 Å². The molecule has 18 heavy (non-hydrogen) atoms. The molecule has 0 aromatic carbocycles. The molecule has 0 heterocycles. The number of Topliss-reactive ketones (excluding diaryl/α,β-unsaturated/α-hetero) is 1. The number of rotatable bonds is 8. The number of hydrogen-bond acceptors (Lipinski definition) is 4. The van der Waals surface area contributed by atoms with Gasteiger partial charge in [0.1, 0.15) is 17.7 Å². The van der Waals surface area contributed by atoms with Gasteiger partial charge in [0.15, 0.2) is 0 Å². The van der Waals surface area contributed by atoms with Gasteiger partial charge >= 0.3 is 5.97 Å². The molecule has 1 atom stereocenters. The highest BCUT2D eigenvalue weighted by Gasteiger charge is 2.23. The molecule has 0 aliphatic carbocycles. The Kier molecular flexibility index (Phi) is 7.64. The van der Waals surface area contributed by atoms with Crippen molar-refractivity contribution >= 4 is 11.8 Å². The van der Waals surface area contributed by atoms with Gasteiger partial charge in [0.05, 0.1) is 5.57 Å². The van der Waals surface area contributed by atoms with E-state index in [1.54, 1.807) is 6.07 Å². The van der Waals surface area contributed by atoms with Gasteiger partial charge in [-0.3, -0.25) is 4.79 Å². The summed E-state index contributed by atoms with van der Waals surface area (Å²) in [6.45, 7) is 3.25. The highest BCUT2D eigenvalue weighted by Crippen LogP contribution is 2.16. The fraction of sp³-hybridized carbons (Fsp3) is 0.615. The van der Waals surface area contributed by atoms with Crippen molar-refractivity contribution in [2.24, 2.45) is 0 Å². The van der Waals surface area contributed by atoms with E-state index in [2.05, 4.69) is 0 Å². The lowest BCUT2D eigenvalue weighted by Gasteiger charge is -2.07. The third-order valence-corrected chi connectivity index (χ3v) is 2.58. The summed E-state index contributed by atoms with van der Waals surface area (Å²) >= 11 is 0. The van der Waals surface area contributed by atoms with Crippen LogP contribution in [0.25, 0.3) is 0 Å². The van der Waals surface area contributed by atoms with Crippen molar-refractivity contribution in [1.82, 2.24) is 0 Å². The van der Waals surface area contributed by atoms with Crippen LogP contribution in [-0.4, -0.2) is 28.1 Å². The first kappa shape index (κ1) is 16.3. The van der Waals surface area contributed by atoms with Gasteiger partial charge in [0.25, 0.3) is 0 Å². The van der Waals surface area contributed by atoms with E-state index in [4.69, 9.17) is 15.5 Å². The minimum atomic E-state index is -1.36. The van der Waals surface area contributed by atoms with Crippen LogP contribution in [0.4, 0.5) is 0 Å². The molecule has 0 aliphatic heterocycles. The van der Waals surface area contributed by atoms with Crippen LogP contribution in [0.5, 0.6) is 0 Å². The molecular formula is C13H19NO4. The number of carboxylic acid groups (broad SMARTS) is 1. The maximum atomic E-state index is 11.5.